The highest BCUT2D eigenvalue weighted by molar-refractivity contribution is 6.36. The summed E-state index contributed by atoms with van der Waals surface area (Å²) in [6.45, 7) is 0.124. The molecule has 2 N–H and O–H groups in total. The molecule has 0 fully saturated rings. The lowest BCUT2D eigenvalue weighted by Crippen LogP contribution is -2.09. The van der Waals surface area contributed by atoms with Crippen molar-refractivity contribution in [3.8, 4) is 0 Å². The van der Waals surface area contributed by atoms with Crippen LogP contribution in [-0.4, -0.2) is 25.7 Å². The van der Waals surface area contributed by atoms with Crippen LogP contribution in [0.25, 0.3) is 0 Å². The second-order valence-electron chi connectivity index (χ2n) is 3.52. The summed E-state index contributed by atoms with van der Waals surface area (Å²) in [4.78, 5) is 22.5. The number of nitrogen functional groups attached to an aromatic ring is 1. The predicted molar refractivity (Wildman–Crippen MR) is 67.4 cm³/mol. The molecule has 18 heavy (non-hydrogen) atoms. The first-order chi connectivity index (χ1) is 8.56. The van der Waals surface area contributed by atoms with Gasteiger partial charge in [-0.2, -0.15) is 0 Å². The number of hydrogen-bond donors (Lipinski definition) is 1. The van der Waals surface area contributed by atoms with Crippen LogP contribution in [0.5, 0.6) is 0 Å². The van der Waals surface area contributed by atoms with E-state index in [-0.39, 0.29) is 29.6 Å². The van der Waals surface area contributed by atoms with Gasteiger partial charge in [0.15, 0.2) is 0 Å². The molecule has 0 spiro atoms. The highest BCUT2D eigenvalue weighted by Crippen LogP contribution is 2.23. The molecule has 0 amide bonds. The van der Waals surface area contributed by atoms with E-state index in [1.807, 2.05) is 0 Å². The molecule has 0 unspecified atom stereocenters. The lowest BCUT2D eigenvalue weighted by molar-refractivity contribution is -0.140. The molecule has 0 aliphatic heterocycles. The number of halogens is 1. The van der Waals surface area contributed by atoms with Gasteiger partial charge >= 0.3 is 11.9 Å². The average molecular weight is 272 g/mol. The van der Waals surface area contributed by atoms with Crippen molar-refractivity contribution in [3.63, 3.8) is 0 Å². The van der Waals surface area contributed by atoms with E-state index in [2.05, 4.69) is 4.74 Å². The SMILES string of the molecule is COC(=O)CCCOC(=O)c1cccc(N)c1Cl. The van der Waals surface area contributed by atoms with Crippen LogP contribution in [0.4, 0.5) is 5.69 Å². The van der Waals surface area contributed by atoms with Crippen molar-refractivity contribution in [1.82, 2.24) is 0 Å². The van der Waals surface area contributed by atoms with E-state index >= 15 is 0 Å². The molecule has 0 radical (unpaired) electrons. The molecule has 1 rings (SSSR count). The molecular formula is C12H14ClNO4. The van der Waals surface area contributed by atoms with E-state index < -0.39 is 5.97 Å². The number of ether oxygens (including phenoxy) is 2. The lowest BCUT2D eigenvalue weighted by Gasteiger charge is -2.07. The minimum Gasteiger partial charge on any atom is -0.469 e. The van der Waals surface area contributed by atoms with Crippen molar-refractivity contribution in [2.45, 2.75) is 12.8 Å². The first kappa shape index (κ1) is 14.3. The van der Waals surface area contributed by atoms with E-state index in [1.54, 1.807) is 12.1 Å². The van der Waals surface area contributed by atoms with E-state index in [0.29, 0.717) is 12.1 Å². The van der Waals surface area contributed by atoms with E-state index in [4.69, 9.17) is 22.1 Å². The van der Waals surface area contributed by atoms with E-state index in [1.165, 1.54) is 13.2 Å². The summed E-state index contributed by atoms with van der Waals surface area (Å²) < 4.78 is 9.43. The largest absolute Gasteiger partial charge is 0.469 e. The number of hydrogen-bond acceptors (Lipinski definition) is 5. The Balaban J connectivity index is 2.46. The molecule has 98 valence electrons. The Morgan fingerprint density at radius 3 is 2.78 bits per heavy atom. The molecule has 1 aromatic rings. The topological polar surface area (TPSA) is 78.6 Å². The van der Waals surface area contributed by atoms with Gasteiger partial charge in [-0.3, -0.25) is 4.79 Å². The third-order valence-electron chi connectivity index (χ3n) is 2.23. The standard InChI is InChI=1S/C12H14ClNO4/c1-17-10(15)6-3-7-18-12(16)8-4-2-5-9(14)11(8)13/h2,4-5H,3,6-7,14H2,1H3. The molecule has 0 saturated heterocycles. The van der Waals surface area contributed by atoms with Crippen molar-refractivity contribution in [2.75, 3.05) is 19.5 Å². The number of carbonyl (C=O) groups is 2. The van der Waals surface area contributed by atoms with Crippen LogP contribution < -0.4 is 5.73 Å². The molecule has 0 aliphatic rings. The van der Waals surface area contributed by atoms with Crippen molar-refractivity contribution >= 4 is 29.2 Å². The summed E-state index contributed by atoms with van der Waals surface area (Å²) in [6, 6.07) is 4.74. The van der Waals surface area contributed by atoms with Crippen LogP contribution in [0.3, 0.4) is 0 Å². The molecular weight excluding hydrogens is 258 g/mol. The molecule has 0 aromatic heterocycles. The fraction of sp³-hybridized carbons (Fsp3) is 0.333. The number of nitrogens with two attached hydrogens (primary N) is 1. The quantitative estimate of drug-likeness (QED) is 0.504. The van der Waals surface area contributed by atoms with Crippen LogP contribution in [-0.2, 0) is 14.3 Å². The highest BCUT2D eigenvalue weighted by Gasteiger charge is 2.13. The number of esters is 2. The lowest BCUT2D eigenvalue weighted by atomic mass is 10.2. The Bertz CT molecular complexity index is 448. The maximum Gasteiger partial charge on any atom is 0.339 e. The molecule has 0 atom stereocenters. The second-order valence-corrected chi connectivity index (χ2v) is 3.90. The van der Waals surface area contributed by atoms with Gasteiger partial charge in [-0.05, 0) is 18.6 Å². The van der Waals surface area contributed by atoms with Gasteiger partial charge in [-0.25, -0.2) is 4.79 Å². The summed E-state index contributed by atoms with van der Waals surface area (Å²) in [7, 11) is 1.31. The van der Waals surface area contributed by atoms with Gasteiger partial charge in [0.05, 0.1) is 30.0 Å². The van der Waals surface area contributed by atoms with Crippen LogP contribution in [0, 0.1) is 0 Å². The fourth-order valence-electron chi connectivity index (χ4n) is 1.27. The third kappa shape index (κ3) is 3.92. The normalized spacial score (nSPS) is 9.89. The molecule has 1 aromatic carbocycles. The van der Waals surface area contributed by atoms with Crippen molar-refractivity contribution in [3.05, 3.63) is 28.8 Å². The summed E-state index contributed by atoms with van der Waals surface area (Å²) in [5, 5.41) is 0.176. The molecule has 0 bridgehead atoms. The fourth-order valence-corrected chi connectivity index (χ4v) is 1.47. The van der Waals surface area contributed by atoms with E-state index in [0.717, 1.165) is 0 Å². The number of benzene rings is 1. The maximum absolute atomic E-state index is 11.7. The van der Waals surface area contributed by atoms with Crippen molar-refractivity contribution in [2.24, 2.45) is 0 Å². The van der Waals surface area contributed by atoms with Gasteiger partial charge in [0.2, 0.25) is 0 Å². The van der Waals surface area contributed by atoms with Gasteiger partial charge in [-0.1, -0.05) is 17.7 Å². The van der Waals surface area contributed by atoms with Gasteiger partial charge < -0.3 is 15.2 Å². The number of carbonyl (C=O) groups excluding carboxylic acids is 2. The third-order valence-corrected chi connectivity index (χ3v) is 2.66. The predicted octanol–water partition coefficient (Wildman–Crippen LogP) is 2.03. The Hall–Kier alpha value is -1.75. The van der Waals surface area contributed by atoms with Crippen LogP contribution in [0.2, 0.25) is 5.02 Å². The smallest absolute Gasteiger partial charge is 0.339 e. The second kappa shape index (κ2) is 6.86. The summed E-state index contributed by atoms with van der Waals surface area (Å²) in [6.07, 6.45) is 0.604. The molecule has 0 heterocycles. The van der Waals surface area contributed by atoms with Gasteiger partial charge in [0.25, 0.3) is 0 Å². The van der Waals surface area contributed by atoms with Crippen LogP contribution in [0.1, 0.15) is 23.2 Å². The molecule has 6 heteroatoms. The minimum atomic E-state index is -0.558. The molecule has 0 saturated carbocycles. The Morgan fingerprint density at radius 2 is 2.11 bits per heavy atom. The number of rotatable bonds is 5. The van der Waals surface area contributed by atoms with Gasteiger partial charge in [0, 0.05) is 6.42 Å². The summed E-state index contributed by atoms with van der Waals surface area (Å²) in [5.41, 5.74) is 6.11. The number of anilines is 1. The number of methoxy groups -OCH3 is 1. The monoisotopic (exact) mass is 271 g/mol. The molecule has 5 nitrogen and oxygen atoms in total. The van der Waals surface area contributed by atoms with Crippen molar-refractivity contribution < 1.29 is 19.1 Å². The van der Waals surface area contributed by atoms with Gasteiger partial charge in [0.1, 0.15) is 0 Å². The Labute approximate surface area is 110 Å². The minimum absolute atomic E-state index is 0.124. The Morgan fingerprint density at radius 1 is 1.39 bits per heavy atom. The summed E-state index contributed by atoms with van der Waals surface area (Å²) >= 11 is 5.87. The van der Waals surface area contributed by atoms with Gasteiger partial charge in [-0.15, -0.1) is 0 Å². The summed E-state index contributed by atoms with van der Waals surface area (Å²) in [5.74, 6) is -0.898. The Kier molecular flexibility index (Phi) is 5.45. The zero-order valence-corrected chi connectivity index (χ0v) is 10.7. The van der Waals surface area contributed by atoms with E-state index in [9.17, 15) is 9.59 Å². The zero-order chi connectivity index (χ0) is 13.5. The zero-order valence-electron chi connectivity index (χ0n) is 9.94. The van der Waals surface area contributed by atoms with Crippen LogP contribution >= 0.6 is 11.6 Å². The highest BCUT2D eigenvalue weighted by atomic mass is 35.5. The van der Waals surface area contributed by atoms with Crippen LogP contribution in [0.15, 0.2) is 18.2 Å². The maximum atomic E-state index is 11.7. The molecule has 0 aliphatic carbocycles. The first-order valence-electron chi connectivity index (χ1n) is 5.34. The van der Waals surface area contributed by atoms with Crippen molar-refractivity contribution in [1.29, 1.82) is 0 Å². The average Bonchev–Trinajstić information content (AvgIpc) is 2.37. The first-order valence-corrected chi connectivity index (χ1v) is 5.72.